The van der Waals surface area contributed by atoms with E-state index in [1.165, 1.54) is 0 Å². The third-order valence-electron chi connectivity index (χ3n) is 5.05. The minimum atomic E-state index is -0.621. The molecule has 29 heavy (non-hydrogen) atoms. The Morgan fingerprint density at radius 3 is 1.76 bits per heavy atom. The van der Waals surface area contributed by atoms with Gasteiger partial charge < -0.3 is 20.7 Å². The van der Waals surface area contributed by atoms with E-state index in [9.17, 15) is 14.4 Å². The van der Waals surface area contributed by atoms with Crippen LogP contribution in [-0.2, 0) is 14.3 Å². The Morgan fingerprint density at radius 1 is 0.897 bits per heavy atom. The second-order valence-corrected chi connectivity index (χ2v) is 8.80. The van der Waals surface area contributed by atoms with Gasteiger partial charge in [-0.15, -0.1) is 0 Å². The molecule has 0 aromatic heterocycles. The minimum Gasteiger partial charge on any atom is -0.444 e. The van der Waals surface area contributed by atoms with Gasteiger partial charge >= 0.3 is 6.09 Å². The zero-order chi connectivity index (χ0) is 21.3. The Hall–Kier alpha value is -2.31. The molecule has 0 saturated heterocycles. The summed E-state index contributed by atoms with van der Waals surface area (Å²) in [6.07, 6.45) is 12.6. The van der Waals surface area contributed by atoms with Crippen molar-refractivity contribution in [2.24, 2.45) is 11.8 Å². The number of carbonyl (C=O) groups is 3. The molecule has 0 saturated carbocycles. The maximum Gasteiger partial charge on any atom is 0.407 e. The van der Waals surface area contributed by atoms with E-state index in [-0.39, 0.29) is 36.7 Å². The van der Waals surface area contributed by atoms with Gasteiger partial charge in [0.25, 0.3) is 0 Å². The van der Waals surface area contributed by atoms with Gasteiger partial charge in [0, 0.05) is 24.9 Å². The molecular formula is C22H35N3O4. The van der Waals surface area contributed by atoms with Crippen LogP contribution in [0.5, 0.6) is 0 Å². The normalized spacial score (nSPS) is 22.4. The molecular weight excluding hydrogens is 370 g/mol. The summed E-state index contributed by atoms with van der Waals surface area (Å²) >= 11 is 0. The molecule has 2 aliphatic rings. The minimum absolute atomic E-state index is 0.0194. The van der Waals surface area contributed by atoms with E-state index in [0.29, 0.717) is 0 Å². The zero-order valence-corrected chi connectivity index (χ0v) is 17.8. The molecule has 0 radical (unpaired) electrons. The standard InChI is InChI=1S/C22H35N3O4/c1-22(2,3)29-21(28)25-18(14-23-19(26)16-10-6-4-7-11-16)15-24-20(27)17-12-8-5-9-13-17/h4-6,8,16-18H,7,9-15H2,1-3H3,(H,23,26)(H,24,27)(H,25,28)/t16-,17+,18?. The number of hydrogen-bond donors (Lipinski definition) is 3. The Balaban J connectivity index is 1.88. The predicted molar refractivity (Wildman–Crippen MR) is 112 cm³/mol. The number of allylic oxidation sites excluding steroid dienone is 4. The van der Waals surface area contributed by atoms with Gasteiger partial charge in [-0.05, 0) is 59.3 Å². The van der Waals surface area contributed by atoms with Crippen LogP contribution in [0.2, 0.25) is 0 Å². The summed E-state index contributed by atoms with van der Waals surface area (Å²) in [6, 6.07) is -0.448. The summed E-state index contributed by atoms with van der Waals surface area (Å²) in [4.78, 5) is 37.0. The highest BCUT2D eigenvalue weighted by molar-refractivity contribution is 5.80. The largest absolute Gasteiger partial charge is 0.444 e. The van der Waals surface area contributed by atoms with Crippen molar-refractivity contribution in [2.45, 2.75) is 70.9 Å². The number of carbonyl (C=O) groups excluding carboxylic acids is 3. The summed E-state index contributed by atoms with van der Waals surface area (Å²) in [7, 11) is 0. The third-order valence-corrected chi connectivity index (χ3v) is 5.05. The van der Waals surface area contributed by atoms with Crippen LogP contribution in [0.15, 0.2) is 24.3 Å². The first-order valence-electron chi connectivity index (χ1n) is 10.6. The first-order valence-corrected chi connectivity index (χ1v) is 10.6. The highest BCUT2D eigenvalue weighted by Crippen LogP contribution is 2.19. The van der Waals surface area contributed by atoms with Crippen LogP contribution in [0.3, 0.4) is 0 Å². The molecule has 1 unspecified atom stereocenters. The predicted octanol–water partition coefficient (Wildman–Crippen LogP) is 2.82. The van der Waals surface area contributed by atoms with Gasteiger partial charge in [0.1, 0.15) is 5.60 Å². The zero-order valence-electron chi connectivity index (χ0n) is 17.8. The molecule has 3 amide bonds. The van der Waals surface area contributed by atoms with Gasteiger partial charge in [-0.2, -0.15) is 0 Å². The number of hydrogen-bond acceptors (Lipinski definition) is 4. The SMILES string of the molecule is CC(C)(C)OC(=O)NC(CNC(=O)[C@@H]1CC=CCC1)CNC(=O)[C@H]1CC=CCC1. The lowest BCUT2D eigenvalue weighted by Crippen LogP contribution is -2.52. The van der Waals surface area contributed by atoms with Crippen molar-refractivity contribution in [3.8, 4) is 0 Å². The first-order chi connectivity index (χ1) is 13.7. The lowest BCUT2D eigenvalue weighted by Gasteiger charge is -2.26. The molecule has 0 bridgehead atoms. The Morgan fingerprint density at radius 2 is 1.38 bits per heavy atom. The molecule has 7 nitrogen and oxygen atoms in total. The lowest BCUT2D eigenvalue weighted by atomic mass is 9.93. The Kier molecular flexibility index (Phi) is 8.73. The molecule has 3 atom stereocenters. The fraction of sp³-hybridized carbons (Fsp3) is 0.682. The Labute approximate surface area is 173 Å². The second-order valence-electron chi connectivity index (χ2n) is 8.80. The Bertz CT molecular complexity index is 596. The average molecular weight is 406 g/mol. The molecule has 0 aliphatic heterocycles. The molecule has 0 heterocycles. The molecule has 0 aromatic rings. The second kappa shape index (κ2) is 11.0. The molecule has 3 N–H and O–H groups in total. The van der Waals surface area contributed by atoms with E-state index in [0.717, 1.165) is 38.5 Å². The van der Waals surface area contributed by atoms with Gasteiger partial charge in [-0.1, -0.05) is 24.3 Å². The summed E-state index contributed by atoms with van der Waals surface area (Å²) < 4.78 is 5.32. The van der Waals surface area contributed by atoms with Gasteiger partial charge in [0.15, 0.2) is 0 Å². The van der Waals surface area contributed by atoms with Gasteiger partial charge in [0.05, 0.1) is 6.04 Å². The summed E-state index contributed by atoms with van der Waals surface area (Å²) in [5.74, 6) is -0.111. The number of rotatable bonds is 7. The highest BCUT2D eigenvalue weighted by Gasteiger charge is 2.24. The summed E-state index contributed by atoms with van der Waals surface area (Å²) in [6.45, 7) is 5.85. The van der Waals surface area contributed by atoms with E-state index in [4.69, 9.17) is 4.74 Å². The maximum absolute atomic E-state index is 12.4. The highest BCUT2D eigenvalue weighted by atomic mass is 16.6. The van der Waals surface area contributed by atoms with E-state index in [1.807, 2.05) is 12.2 Å². The number of amides is 3. The third kappa shape index (κ3) is 8.71. The van der Waals surface area contributed by atoms with E-state index in [1.54, 1.807) is 20.8 Å². The van der Waals surface area contributed by atoms with Crippen LogP contribution in [0.1, 0.15) is 59.3 Å². The molecule has 2 rings (SSSR count). The van der Waals surface area contributed by atoms with Crippen LogP contribution in [-0.4, -0.2) is 42.6 Å². The van der Waals surface area contributed by atoms with Crippen molar-refractivity contribution >= 4 is 17.9 Å². The monoisotopic (exact) mass is 405 g/mol. The number of nitrogens with one attached hydrogen (secondary N) is 3. The topological polar surface area (TPSA) is 96.5 Å². The lowest BCUT2D eigenvalue weighted by molar-refractivity contribution is -0.125. The van der Waals surface area contributed by atoms with Crippen molar-refractivity contribution < 1.29 is 19.1 Å². The summed E-state index contributed by atoms with van der Waals surface area (Å²) in [5.41, 5.74) is -0.621. The van der Waals surface area contributed by atoms with Gasteiger partial charge in [0.2, 0.25) is 11.8 Å². The van der Waals surface area contributed by atoms with Crippen LogP contribution in [0, 0.1) is 11.8 Å². The van der Waals surface area contributed by atoms with Crippen molar-refractivity contribution in [1.29, 1.82) is 0 Å². The fourth-order valence-electron chi connectivity index (χ4n) is 3.45. The maximum atomic E-state index is 12.4. The smallest absolute Gasteiger partial charge is 0.407 e. The molecule has 0 fully saturated rings. The van der Waals surface area contributed by atoms with Crippen molar-refractivity contribution in [2.75, 3.05) is 13.1 Å². The van der Waals surface area contributed by atoms with Crippen molar-refractivity contribution in [3.63, 3.8) is 0 Å². The van der Waals surface area contributed by atoms with Crippen LogP contribution < -0.4 is 16.0 Å². The van der Waals surface area contributed by atoms with Crippen LogP contribution in [0.25, 0.3) is 0 Å². The van der Waals surface area contributed by atoms with Crippen LogP contribution >= 0.6 is 0 Å². The molecule has 0 aromatic carbocycles. The first kappa shape index (κ1) is 23.0. The van der Waals surface area contributed by atoms with E-state index in [2.05, 4.69) is 28.1 Å². The average Bonchev–Trinajstić information content (AvgIpc) is 2.69. The van der Waals surface area contributed by atoms with Gasteiger partial charge in [-0.3, -0.25) is 9.59 Å². The van der Waals surface area contributed by atoms with Gasteiger partial charge in [-0.25, -0.2) is 4.79 Å². The van der Waals surface area contributed by atoms with E-state index < -0.39 is 17.7 Å². The van der Waals surface area contributed by atoms with Crippen molar-refractivity contribution in [1.82, 2.24) is 16.0 Å². The molecule has 2 aliphatic carbocycles. The quantitative estimate of drug-likeness (QED) is 0.568. The molecule has 7 heteroatoms. The fourth-order valence-corrected chi connectivity index (χ4v) is 3.45. The number of ether oxygens (including phenoxy) is 1. The number of alkyl carbamates (subject to hydrolysis) is 1. The van der Waals surface area contributed by atoms with Crippen LogP contribution in [0.4, 0.5) is 4.79 Å². The van der Waals surface area contributed by atoms with Crippen molar-refractivity contribution in [3.05, 3.63) is 24.3 Å². The summed E-state index contributed by atoms with van der Waals surface area (Å²) in [5, 5.41) is 8.61. The van der Waals surface area contributed by atoms with E-state index >= 15 is 0 Å². The molecule has 0 spiro atoms. The molecule has 162 valence electrons.